The van der Waals surface area contributed by atoms with Crippen LogP contribution in [0.1, 0.15) is 24.4 Å². The summed E-state index contributed by atoms with van der Waals surface area (Å²) in [6.45, 7) is 3.61. The topological polar surface area (TPSA) is 81.5 Å². The molecule has 33 heavy (non-hydrogen) atoms. The predicted octanol–water partition coefficient (Wildman–Crippen LogP) is 4.08. The molecule has 8 heteroatoms. The van der Waals surface area contributed by atoms with Gasteiger partial charge in [0.25, 0.3) is 5.56 Å². The molecule has 0 fully saturated rings. The minimum Gasteiger partial charge on any atom is -0.495 e. The molecular formula is C25H25N3O4S. The van der Waals surface area contributed by atoms with E-state index < -0.39 is 16.1 Å². The summed E-state index contributed by atoms with van der Waals surface area (Å²) in [5, 5.41) is 0.434. The molecular weight excluding hydrogens is 438 g/mol. The van der Waals surface area contributed by atoms with E-state index >= 15 is 0 Å². The van der Waals surface area contributed by atoms with E-state index in [1.165, 1.54) is 23.0 Å². The van der Waals surface area contributed by atoms with Gasteiger partial charge in [-0.05, 0) is 50.2 Å². The van der Waals surface area contributed by atoms with Gasteiger partial charge in [0.1, 0.15) is 11.6 Å². The van der Waals surface area contributed by atoms with Crippen LogP contribution in [0.2, 0.25) is 0 Å². The van der Waals surface area contributed by atoms with Gasteiger partial charge in [0.15, 0.2) is 0 Å². The molecule has 0 bridgehead atoms. The van der Waals surface area contributed by atoms with Crippen molar-refractivity contribution in [2.45, 2.75) is 24.8 Å². The SMILES string of the molecule is COc1ccccc1-n1c(C(C)N(C)S(=O)(=O)c2ccc(C)cc2)nc2ccccc2c1=O. The Morgan fingerprint density at radius 3 is 2.30 bits per heavy atom. The number of ether oxygens (including phenoxy) is 1. The number of aryl methyl sites for hydroxylation is 1. The zero-order chi connectivity index (χ0) is 23.8. The Morgan fingerprint density at radius 2 is 1.61 bits per heavy atom. The number of hydrogen-bond donors (Lipinski definition) is 0. The molecule has 0 aliphatic carbocycles. The Labute approximate surface area is 192 Å². The van der Waals surface area contributed by atoms with Gasteiger partial charge in [0, 0.05) is 7.05 Å². The zero-order valence-corrected chi connectivity index (χ0v) is 19.7. The number of aromatic nitrogens is 2. The van der Waals surface area contributed by atoms with Gasteiger partial charge < -0.3 is 4.74 Å². The third-order valence-corrected chi connectivity index (χ3v) is 7.69. The average Bonchev–Trinajstić information content (AvgIpc) is 2.83. The van der Waals surface area contributed by atoms with Gasteiger partial charge in [0.2, 0.25) is 10.0 Å². The van der Waals surface area contributed by atoms with Crippen molar-refractivity contribution in [2.24, 2.45) is 0 Å². The van der Waals surface area contributed by atoms with Gasteiger partial charge in [-0.3, -0.25) is 9.36 Å². The lowest BCUT2D eigenvalue weighted by Gasteiger charge is -2.27. The summed E-state index contributed by atoms with van der Waals surface area (Å²) in [5.74, 6) is 0.774. The Kier molecular flexibility index (Phi) is 6.05. The van der Waals surface area contributed by atoms with Crippen molar-refractivity contribution in [3.63, 3.8) is 0 Å². The average molecular weight is 464 g/mol. The highest BCUT2D eigenvalue weighted by Crippen LogP contribution is 2.29. The van der Waals surface area contributed by atoms with Crippen LogP contribution in [-0.2, 0) is 10.0 Å². The second-order valence-electron chi connectivity index (χ2n) is 7.81. The first-order chi connectivity index (χ1) is 15.8. The molecule has 0 aliphatic heterocycles. The number of methoxy groups -OCH3 is 1. The van der Waals surface area contributed by atoms with Crippen LogP contribution >= 0.6 is 0 Å². The fraction of sp³-hybridized carbons (Fsp3) is 0.200. The Balaban J connectivity index is 1.94. The summed E-state index contributed by atoms with van der Waals surface area (Å²) in [6, 6.07) is 20.0. The quantitative estimate of drug-likeness (QED) is 0.430. The summed E-state index contributed by atoms with van der Waals surface area (Å²) < 4.78 is 34.9. The standard InChI is InChI=1S/C25H25N3O4S/c1-17-13-15-19(16-14-17)33(30,31)27(3)18(2)24-26-21-10-6-5-9-20(21)25(29)28(24)22-11-7-8-12-23(22)32-4/h5-16,18H,1-4H3. The number of nitrogens with zero attached hydrogens (tertiary/aromatic N) is 3. The molecule has 0 spiro atoms. The van der Waals surface area contributed by atoms with Crippen LogP contribution in [0.5, 0.6) is 5.75 Å². The normalized spacial score (nSPS) is 12.8. The highest BCUT2D eigenvalue weighted by Gasteiger charge is 2.30. The second-order valence-corrected chi connectivity index (χ2v) is 9.81. The first-order valence-corrected chi connectivity index (χ1v) is 11.9. The zero-order valence-electron chi connectivity index (χ0n) is 18.9. The lowest BCUT2D eigenvalue weighted by atomic mass is 10.2. The van der Waals surface area contributed by atoms with Gasteiger partial charge in [-0.2, -0.15) is 4.31 Å². The second kappa shape index (κ2) is 8.80. The number of sulfonamides is 1. The first-order valence-electron chi connectivity index (χ1n) is 10.5. The lowest BCUT2D eigenvalue weighted by molar-refractivity contribution is 0.376. The van der Waals surface area contributed by atoms with Crippen LogP contribution in [0.15, 0.2) is 82.5 Å². The summed E-state index contributed by atoms with van der Waals surface area (Å²) in [5.41, 5.74) is 1.65. The third kappa shape index (κ3) is 4.03. The maximum atomic E-state index is 13.6. The van der Waals surface area contributed by atoms with E-state index in [1.54, 1.807) is 79.7 Å². The van der Waals surface area contributed by atoms with Crippen molar-refractivity contribution in [1.29, 1.82) is 0 Å². The smallest absolute Gasteiger partial charge is 0.266 e. The van der Waals surface area contributed by atoms with E-state index in [4.69, 9.17) is 9.72 Å². The fourth-order valence-electron chi connectivity index (χ4n) is 3.72. The molecule has 0 saturated heterocycles. The van der Waals surface area contributed by atoms with E-state index in [1.807, 2.05) is 6.92 Å². The fourth-order valence-corrected chi connectivity index (χ4v) is 5.05. The maximum absolute atomic E-state index is 13.6. The monoisotopic (exact) mass is 463 g/mol. The molecule has 4 rings (SSSR count). The highest BCUT2D eigenvalue weighted by atomic mass is 32.2. The van der Waals surface area contributed by atoms with Crippen LogP contribution in [0, 0.1) is 6.92 Å². The molecule has 170 valence electrons. The van der Waals surface area contributed by atoms with Crippen molar-refractivity contribution >= 4 is 20.9 Å². The number of benzene rings is 3. The van der Waals surface area contributed by atoms with Crippen LogP contribution in [0.3, 0.4) is 0 Å². The van der Waals surface area contributed by atoms with Gasteiger partial charge in [-0.1, -0.05) is 42.0 Å². The van der Waals surface area contributed by atoms with Gasteiger partial charge in [-0.25, -0.2) is 13.4 Å². The lowest BCUT2D eigenvalue weighted by Crippen LogP contribution is -2.35. The van der Waals surface area contributed by atoms with E-state index in [2.05, 4.69) is 0 Å². The Morgan fingerprint density at radius 1 is 0.970 bits per heavy atom. The largest absolute Gasteiger partial charge is 0.495 e. The summed E-state index contributed by atoms with van der Waals surface area (Å²) in [4.78, 5) is 18.5. The molecule has 7 nitrogen and oxygen atoms in total. The van der Waals surface area contributed by atoms with Crippen molar-refractivity contribution in [1.82, 2.24) is 13.9 Å². The summed E-state index contributed by atoms with van der Waals surface area (Å²) in [6.07, 6.45) is 0. The van der Waals surface area contributed by atoms with Crippen molar-refractivity contribution < 1.29 is 13.2 Å². The van der Waals surface area contributed by atoms with Crippen LogP contribution in [0.25, 0.3) is 16.6 Å². The number of rotatable bonds is 6. The summed E-state index contributed by atoms with van der Waals surface area (Å²) in [7, 11) is -0.820. The van der Waals surface area contributed by atoms with Gasteiger partial charge >= 0.3 is 0 Å². The number of fused-ring (bicyclic) bond motifs is 1. The molecule has 1 heterocycles. The molecule has 1 aromatic heterocycles. The van der Waals surface area contributed by atoms with Crippen molar-refractivity contribution in [3.05, 3.63) is 94.5 Å². The minimum atomic E-state index is -3.84. The summed E-state index contributed by atoms with van der Waals surface area (Å²) >= 11 is 0. The van der Waals surface area contributed by atoms with E-state index in [0.717, 1.165) is 5.56 Å². The van der Waals surface area contributed by atoms with Gasteiger partial charge in [-0.15, -0.1) is 0 Å². The highest BCUT2D eigenvalue weighted by molar-refractivity contribution is 7.89. The maximum Gasteiger partial charge on any atom is 0.266 e. The molecule has 0 N–H and O–H groups in total. The molecule has 1 atom stereocenters. The van der Waals surface area contributed by atoms with Crippen LogP contribution in [-0.4, -0.2) is 36.4 Å². The van der Waals surface area contributed by atoms with E-state index in [0.29, 0.717) is 28.2 Å². The molecule has 0 aliphatic rings. The van der Waals surface area contributed by atoms with E-state index in [-0.39, 0.29) is 10.5 Å². The van der Waals surface area contributed by atoms with Crippen LogP contribution < -0.4 is 10.3 Å². The molecule has 3 aromatic carbocycles. The van der Waals surface area contributed by atoms with Crippen molar-refractivity contribution in [2.75, 3.05) is 14.2 Å². The van der Waals surface area contributed by atoms with Gasteiger partial charge in [0.05, 0.1) is 34.6 Å². The molecule has 0 amide bonds. The molecule has 0 saturated carbocycles. The predicted molar refractivity (Wildman–Crippen MR) is 128 cm³/mol. The Hall–Kier alpha value is -3.49. The van der Waals surface area contributed by atoms with Crippen molar-refractivity contribution in [3.8, 4) is 11.4 Å². The molecule has 1 unspecified atom stereocenters. The van der Waals surface area contributed by atoms with E-state index in [9.17, 15) is 13.2 Å². The third-order valence-electron chi connectivity index (χ3n) is 5.74. The molecule has 0 radical (unpaired) electrons. The van der Waals surface area contributed by atoms with Crippen LogP contribution in [0.4, 0.5) is 0 Å². The minimum absolute atomic E-state index is 0.175. The number of para-hydroxylation sites is 3. The Bertz CT molecular complexity index is 1480. The number of hydrogen-bond acceptors (Lipinski definition) is 5. The molecule has 4 aromatic rings. The first kappa shape index (κ1) is 22.7.